The van der Waals surface area contributed by atoms with Crippen molar-refractivity contribution in [1.29, 1.82) is 0 Å². The third-order valence-electron chi connectivity index (χ3n) is 4.36. The van der Waals surface area contributed by atoms with Crippen LogP contribution in [0.4, 0.5) is 0 Å². The molecule has 1 unspecified atom stereocenters. The molecular weight excluding hydrogens is 344 g/mol. The van der Waals surface area contributed by atoms with Crippen LogP contribution < -0.4 is 10.6 Å². The van der Waals surface area contributed by atoms with Crippen molar-refractivity contribution in [1.82, 2.24) is 25.3 Å². The van der Waals surface area contributed by atoms with Crippen LogP contribution in [0.3, 0.4) is 0 Å². The van der Waals surface area contributed by atoms with Gasteiger partial charge >= 0.3 is 0 Å². The maximum absolute atomic E-state index is 4.83. The van der Waals surface area contributed by atoms with Crippen LogP contribution >= 0.6 is 11.3 Å². The van der Waals surface area contributed by atoms with Crippen LogP contribution in [0.1, 0.15) is 37.3 Å². The van der Waals surface area contributed by atoms with Crippen molar-refractivity contribution in [3.8, 4) is 0 Å². The van der Waals surface area contributed by atoms with Crippen LogP contribution in [0.25, 0.3) is 0 Å². The molecule has 2 aromatic heterocycles. The molecule has 0 aliphatic rings. The van der Waals surface area contributed by atoms with Crippen molar-refractivity contribution < 1.29 is 0 Å². The summed E-state index contributed by atoms with van der Waals surface area (Å²) in [4.78, 5) is 8.39. The second-order valence-electron chi connectivity index (χ2n) is 7.36. The van der Waals surface area contributed by atoms with Crippen LogP contribution in [0.15, 0.2) is 34.9 Å². The predicted octanol–water partition coefficient (Wildman–Crippen LogP) is 2.62. The first-order chi connectivity index (χ1) is 12.3. The van der Waals surface area contributed by atoms with Gasteiger partial charge in [-0.2, -0.15) is 5.10 Å². The van der Waals surface area contributed by atoms with Gasteiger partial charge in [-0.25, -0.2) is 0 Å². The quantitative estimate of drug-likeness (QED) is 0.549. The van der Waals surface area contributed by atoms with E-state index in [0.29, 0.717) is 0 Å². The fourth-order valence-electron chi connectivity index (χ4n) is 2.76. The van der Waals surface area contributed by atoms with Gasteiger partial charge in [-0.05, 0) is 32.5 Å². The van der Waals surface area contributed by atoms with E-state index in [1.165, 1.54) is 10.4 Å². The van der Waals surface area contributed by atoms with E-state index in [4.69, 9.17) is 4.99 Å². The zero-order valence-corrected chi connectivity index (χ0v) is 17.6. The van der Waals surface area contributed by atoms with Crippen LogP contribution in [0.2, 0.25) is 0 Å². The smallest absolute Gasteiger partial charge is 0.191 e. The molecule has 26 heavy (non-hydrogen) atoms. The van der Waals surface area contributed by atoms with Gasteiger partial charge in [-0.1, -0.05) is 19.9 Å². The maximum atomic E-state index is 4.83. The van der Waals surface area contributed by atoms with Crippen LogP contribution in [-0.4, -0.2) is 54.4 Å². The van der Waals surface area contributed by atoms with Gasteiger partial charge in [0.05, 0.1) is 18.8 Å². The van der Waals surface area contributed by atoms with Gasteiger partial charge in [0.1, 0.15) is 0 Å². The molecule has 0 aliphatic heterocycles. The number of nitrogens with one attached hydrogen (secondary N) is 2. The minimum Gasteiger partial charge on any atom is -0.357 e. The number of aromatic nitrogens is 2. The van der Waals surface area contributed by atoms with Gasteiger partial charge in [-0.15, -0.1) is 11.3 Å². The highest BCUT2D eigenvalue weighted by molar-refractivity contribution is 7.10. The Labute approximate surface area is 161 Å². The van der Waals surface area contributed by atoms with Crippen LogP contribution in [-0.2, 0) is 12.5 Å². The zero-order valence-electron chi connectivity index (χ0n) is 16.8. The lowest BCUT2D eigenvalue weighted by molar-refractivity contribution is 0.298. The van der Waals surface area contributed by atoms with Crippen LogP contribution in [0.5, 0.6) is 0 Å². The van der Waals surface area contributed by atoms with E-state index >= 15 is 0 Å². The summed E-state index contributed by atoms with van der Waals surface area (Å²) in [6.45, 7) is 8.91. The average molecular weight is 377 g/mol. The molecule has 2 aromatic rings. The summed E-state index contributed by atoms with van der Waals surface area (Å²) < 4.78 is 1.84. The number of hydrogen-bond donors (Lipinski definition) is 2. The number of guanidine groups is 1. The molecule has 0 saturated carbocycles. The fourth-order valence-corrected chi connectivity index (χ4v) is 3.61. The summed E-state index contributed by atoms with van der Waals surface area (Å²) in [6, 6.07) is 4.52. The summed E-state index contributed by atoms with van der Waals surface area (Å²) >= 11 is 1.79. The predicted molar refractivity (Wildman–Crippen MR) is 111 cm³/mol. The van der Waals surface area contributed by atoms with E-state index in [-0.39, 0.29) is 11.5 Å². The molecule has 7 heteroatoms. The first-order valence-electron chi connectivity index (χ1n) is 9.04. The molecule has 2 heterocycles. The van der Waals surface area contributed by atoms with E-state index in [0.717, 1.165) is 25.6 Å². The van der Waals surface area contributed by atoms with E-state index in [1.54, 1.807) is 11.3 Å². The first kappa shape index (κ1) is 20.5. The van der Waals surface area contributed by atoms with Crippen LogP contribution in [0, 0.1) is 0 Å². The Morgan fingerprint density at radius 3 is 2.69 bits per heavy atom. The summed E-state index contributed by atoms with van der Waals surface area (Å²) in [7, 11) is 6.12. The molecule has 0 aliphatic carbocycles. The van der Waals surface area contributed by atoms with Crippen molar-refractivity contribution >= 4 is 17.3 Å². The Bertz CT molecular complexity index is 687. The summed E-state index contributed by atoms with van der Waals surface area (Å²) in [5.74, 6) is 0.855. The molecule has 2 N–H and O–H groups in total. The van der Waals surface area contributed by atoms with Gasteiger partial charge in [0.15, 0.2) is 5.96 Å². The lowest BCUT2D eigenvalue weighted by atomic mass is 9.92. The minimum absolute atomic E-state index is 0.0286. The lowest BCUT2D eigenvalue weighted by Crippen LogP contribution is -2.42. The highest BCUT2D eigenvalue weighted by Gasteiger charge is 2.22. The summed E-state index contributed by atoms with van der Waals surface area (Å²) in [6.07, 6.45) is 3.99. The molecule has 0 saturated heterocycles. The Morgan fingerprint density at radius 1 is 1.38 bits per heavy atom. The zero-order chi connectivity index (χ0) is 19.2. The SMILES string of the molecule is CCNC(=NCC(C)(C)c1cccs1)NCC(c1cnn(C)c1)N(C)C. The van der Waals surface area contributed by atoms with E-state index in [2.05, 4.69) is 79.2 Å². The van der Waals surface area contributed by atoms with Crippen molar-refractivity contribution in [2.45, 2.75) is 32.2 Å². The molecule has 0 aromatic carbocycles. The minimum atomic E-state index is 0.0286. The number of nitrogens with zero attached hydrogens (tertiary/aromatic N) is 4. The Kier molecular flexibility index (Phi) is 7.23. The van der Waals surface area contributed by atoms with E-state index in [9.17, 15) is 0 Å². The normalized spacial score (nSPS) is 13.9. The molecule has 0 radical (unpaired) electrons. The summed E-state index contributed by atoms with van der Waals surface area (Å²) in [5.41, 5.74) is 1.22. The highest BCUT2D eigenvalue weighted by Crippen LogP contribution is 2.27. The number of aryl methyl sites for hydroxylation is 1. The first-order valence-corrected chi connectivity index (χ1v) is 9.92. The Hall–Kier alpha value is -1.86. The lowest BCUT2D eigenvalue weighted by Gasteiger charge is -2.25. The molecule has 1 atom stereocenters. The van der Waals surface area contributed by atoms with Gasteiger partial charge in [0.25, 0.3) is 0 Å². The largest absolute Gasteiger partial charge is 0.357 e. The Balaban J connectivity index is 2.04. The van der Waals surface area contributed by atoms with Gasteiger partial charge in [0.2, 0.25) is 0 Å². The molecule has 2 rings (SSSR count). The maximum Gasteiger partial charge on any atom is 0.191 e. The van der Waals surface area contributed by atoms with Crippen molar-refractivity contribution in [3.63, 3.8) is 0 Å². The number of thiophene rings is 1. The molecule has 0 fully saturated rings. The molecular formula is C19H32N6S. The second kappa shape index (κ2) is 9.19. The number of rotatable bonds is 8. The topological polar surface area (TPSA) is 57.5 Å². The van der Waals surface area contributed by atoms with E-state index < -0.39 is 0 Å². The summed E-state index contributed by atoms with van der Waals surface area (Å²) in [5, 5.41) is 13.3. The van der Waals surface area contributed by atoms with Gasteiger partial charge in [0, 0.05) is 42.2 Å². The average Bonchev–Trinajstić information content (AvgIpc) is 3.24. The molecule has 0 spiro atoms. The molecule has 0 amide bonds. The standard InChI is InChI=1S/C19H32N6S/c1-7-20-18(22-14-19(2,3)17-9-8-10-26-17)21-12-16(24(4)5)15-11-23-25(6)13-15/h8-11,13,16H,7,12,14H2,1-6H3,(H2,20,21,22). The second-order valence-corrected chi connectivity index (χ2v) is 8.31. The van der Waals surface area contributed by atoms with Gasteiger partial charge < -0.3 is 15.5 Å². The third kappa shape index (κ3) is 5.57. The number of likely N-dealkylation sites (N-methyl/N-ethyl adjacent to an activating group) is 1. The molecule has 6 nitrogen and oxygen atoms in total. The third-order valence-corrected chi connectivity index (χ3v) is 5.60. The van der Waals surface area contributed by atoms with Crippen molar-refractivity contribution in [2.75, 3.05) is 33.7 Å². The Morgan fingerprint density at radius 2 is 2.15 bits per heavy atom. The fraction of sp³-hybridized carbons (Fsp3) is 0.579. The molecule has 144 valence electrons. The van der Waals surface area contributed by atoms with Crippen molar-refractivity contribution in [2.24, 2.45) is 12.0 Å². The monoisotopic (exact) mass is 376 g/mol. The van der Waals surface area contributed by atoms with Gasteiger partial charge in [-0.3, -0.25) is 9.67 Å². The van der Waals surface area contributed by atoms with E-state index in [1.807, 2.05) is 17.9 Å². The number of hydrogen-bond acceptors (Lipinski definition) is 4. The van der Waals surface area contributed by atoms with Crippen molar-refractivity contribution in [3.05, 3.63) is 40.3 Å². The molecule has 0 bridgehead atoms. The highest BCUT2D eigenvalue weighted by atomic mass is 32.1. The number of aliphatic imine (C=N–C) groups is 1.